The highest BCUT2D eigenvalue weighted by atomic mass is 79.9. The van der Waals surface area contributed by atoms with Crippen LogP contribution in [0.4, 0.5) is 5.69 Å². The van der Waals surface area contributed by atoms with Crippen molar-refractivity contribution in [1.82, 2.24) is 4.98 Å². The first-order chi connectivity index (χ1) is 13.4. The van der Waals surface area contributed by atoms with Gasteiger partial charge in [0.1, 0.15) is 5.58 Å². The number of carboxylic acids is 1. The number of carbonyl (C=O) groups is 2. The minimum atomic E-state index is -1.11. The molecule has 1 amide bonds. The van der Waals surface area contributed by atoms with Crippen LogP contribution < -0.4 is 0 Å². The number of benzene rings is 2. The highest BCUT2D eigenvalue weighted by Crippen LogP contribution is 2.40. The fourth-order valence-corrected chi connectivity index (χ4v) is 3.56. The van der Waals surface area contributed by atoms with E-state index in [4.69, 9.17) is 9.52 Å². The first-order valence-corrected chi connectivity index (χ1v) is 8.90. The number of nitrogens with zero attached hydrogens (tertiary/aromatic N) is 2. The number of fused-ring (bicyclic) bond motifs is 2. The number of aromatic amines is 1. The topological polar surface area (TPSA) is 128 Å². The second kappa shape index (κ2) is 6.93. The number of carboxylic acid groups (broad SMARTS) is 1. The predicted octanol–water partition coefficient (Wildman–Crippen LogP) is 4.93. The number of azo groups is 1. The number of H-pyrrole nitrogens is 1. The Morgan fingerprint density at radius 2 is 2.00 bits per heavy atom. The lowest BCUT2D eigenvalue weighted by Crippen LogP contribution is -1.97. The van der Waals surface area contributed by atoms with E-state index < -0.39 is 11.9 Å². The van der Waals surface area contributed by atoms with Crippen molar-refractivity contribution in [2.45, 2.75) is 6.42 Å². The molecule has 28 heavy (non-hydrogen) atoms. The average molecular weight is 442 g/mol. The summed E-state index contributed by atoms with van der Waals surface area (Å²) in [5.74, 6) is -1.91. The van der Waals surface area contributed by atoms with E-state index in [0.717, 1.165) is 16.5 Å². The molecule has 0 radical (unpaired) electrons. The molecule has 9 heteroatoms. The Morgan fingerprint density at radius 3 is 2.79 bits per heavy atom. The molecular weight excluding hydrogens is 430 g/mol. The van der Waals surface area contributed by atoms with Gasteiger partial charge >= 0.3 is 5.97 Å². The van der Waals surface area contributed by atoms with Crippen LogP contribution >= 0.6 is 15.9 Å². The van der Waals surface area contributed by atoms with Gasteiger partial charge in [0.25, 0.3) is 5.91 Å². The Labute approximate surface area is 165 Å². The number of halogens is 1. The summed E-state index contributed by atoms with van der Waals surface area (Å²) in [6.07, 6.45) is 1.61. The molecular formula is C19H12BrN3O5. The van der Waals surface area contributed by atoms with Crippen LogP contribution in [-0.2, 0) is 11.2 Å². The summed E-state index contributed by atoms with van der Waals surface area (Å²) in [5.41, 5.74) is 1.93. The summed E-state index contributed by atoms with van der Waals surface area (Å²) in [4.78, 5) is 26.0. The summed E-state index contributed by atoms with van der Waals surface area (Å²) in [6.45, 7) is 0. The Bertz CT molecular complexity index is 1270. The van der Waals surface area contributed by atoms with E-state index in [1.54, 1.807) is 24.5 Å². The summed E-state index contributed by atoms with van der Waals surface area (Å²) in [6, 6.07) is 9.93. The first-order valence-electron chi connectivity index (χ1n) is 8.10. The number of nitrogens with one attached hydrogen (secondary N) is 1. The summed E-state index contributed by atoms with van der Waals surface area (Å²) >= 11 is 3.27. The maximum Gasteiger partial charge on any atom is 0.335 e. The minimum Gasteiger partial charge on any atom is -0.493 e. The zero-order valence-corrected chi connectivity index (χ0v) is 15.7. The van der Waals surface area contributed by atoms with Crippen molar-refractivity contribution < 1.29 is 24.2 Å². The smallest absolute Gasteiger partial charge is 0.335 e. The van der Waals surface area contributed by atoms with Crippen LogP contribution in [0.1, 0.15) is 15.9 Å². The Balaban J connectivity index is 1.61. The number of aromatic carboxylic acids is 1. The van der Waals surface area contributed by atoms with Gasteiger partial charge in [0.2, 0.25) is 5.88 Å². The number of hydrogen-bond acceptors (Lipinski definition) is 5. The van der Waals surface area contributed by atoms with Crippen LogP contribution in [-0.4, -0.2) is 27.1 Å². The van der Waals surface area contributed by atoms with Crippen molar-refractivity contribution in [3.8, 4) is 5.88 Å². The highest BCUT2D eigenvalue weighted by Gasteiger charge is 2.17. The second-order valence-corrected chi connectivity index (χ2v) is 6.93. The van der Waals surface area contributed by atoms with Gasteiger partial charge in [-0.3, -0.25) is 4.79 Å². The van der Waals surface area contributed by atoms with Gasteiger partial charge in [-0.1, -0.05) is 6.07 Å². The maximum absolute atomic E-state index is 12.2. The molecule has 0 aliphatic heterocycles. The molecule has 0 saturated carbocycles. The lowest BCUT2D eigenvalue weighted by molar-refractivity contribution is -0.117. The molecule has 0 aliphatic rings. The third kappa shape index (κ3) is 3.27. The zero-order valence-electron chi connectivity index (χ0n) is 14.1. The molecule has 0 fully saturated rings. The molecule has 0 saturated heterocycles. The summed E-state index contributed by atoms with van der Waals surface area (Å²) in [7, 11) is 0. The van der Waals surface area contributed by atoms with Gasteiger partial charge in [-0.05, 0) is 51.8 Å². The molecule has 0 bridgehead atoms. The molecule has 4 rings (SSSR count). The van der Waals surface area contributed by atoms with Crippen molar-refractivity contribution in [1.29, 1.82) is 0 Å². The zero-order chi connectivity index (χ0) is 19.8. The van der Waals surface area contributed by atoms with E-state index in [9.17, 15) is 14.7 Å². The van der Waals surface area contributed by atoms with Crippen LogP contribution in [0.15, 0.2) is 61.8 Å². The van der Waals surface area contributed by atoms with E-state index in [2.05, 4.69) is 31.1 Å². The lowest BCUT2D eigenvalue weighted by Gasteiger charge is -1.99. The molecule has 0 atom stereocenters. The van der Waals surface area contributed by atoms with Gasteiger partial charge < -0.3 is 19.6 Å². The number of amides is 1. The summed E-state index contributed by atoms with van der Waals surface area (Å²) in [5, 5.41) is 28.1. The number of furan rings is 1. The van der Waals surface area contributed by atoms with Crippen LogP contribution in [0.25, 0.3) is 21.9 Å². The molecule has 0 unspecified atom stereocenters. The summed E-state index contributed by atoms with van der Waals surface area (Å²) < 4.78 is 5.67. The molecule has 2 heterocycles. The number of rotatable bonds is 4. The van der Waals surface area contributed by atoms with Gasteiger partial charge in [-0.25, -0.2) is 4.79 Å². The van der Waals surface area contributed by atoms with E-state index in [0.29, 0.717) is 15.4 Å². The molecule has 8 nitrogen and oxygen atoms in total. The lowest BCUT2D eigenvalue weighted by atomic mass is 10.1. The number of aromatic nitrogens is 1. The minimum absolute atomic E-state index is 0.0369. The molecule has 2 aromatic carbocycles. The van der Waals surface area contributed by atoms with Crippen molar-refractivity contribution in [3.63, 3.8) is 0 Å². The van der Waals surface area contributed by atoms with Gasteiger partial charge in [-0.2, -0.15) is 0 Å². The standard InChI is InChI=1S/C19H12BrN3O5/c20-12-7-11(19(26)27)8-13-16(12)17(18(25)21-13)23-22-15(24)6-9-1-2-14-10(5-9)3-4-28-14/h1-5,7-8,21,25H,6H2,(H,26,27). The molecule has 4 aromatic rings. The normalized spacial score (nSPS) is 11.6. The molecule has 3 N–H and O–H groups in total. The van der Waals surface area contributed by atoms with Crippen LogP contribution in [0.2, 0.25) is 0 Å². The van der Waals surface area contributed by atoms with E-state index in [-0.39, 0.29) is 23.6 Å². The highest BCUT2D eigenvalue weighted by molar-refractivity contribution is 9.10. The monoisotopic (exact) mass is 441 g/mol. The van der Waals surface area contributed by atoms with Gasteiger partial charge in [0.15, 0.2) is 5.69 Å². The fourth-order valence-electron chi connectivity index (χ4n) is 2.91. The van der Waals surface area contributed by atoms with Crippen molar-refractivity contribution in [2.75, 3.05) is 0 Å². The number of carbonyl (C=O) groups excluding carboxylic acids is 1. The van der Waals surface area contributed by atoms with Gasteiger partial charge in [-0.15, -0.1) is 10.2 Å². The molecule has 0 aliphatic carbocycles. The maximum atomic E-state index is 12.2. The first kappa shape index (κ1) is 17.9. The van der Waals surface area contributed by atoms with Crippen LogP contribution in [0, 0.1) is 0 Å². The largest absolute Gasteiger partial charge is 0.493 e. The van der Waals surface area contributed by atoms with E-state index >= 15 is 0 Å². The number of hydrogen-bond donors (Lipinski definition) is 3. The third-order valence-electron chi connectivity index (χ3n) is 4.19. The average Bonchev–Trinajstić information content (AvgIpc) is 3.23. The van der Waals surface area contributed by atoms with E-state index in [1.807, 2.05) is 6.07 Å². The second-order valence-electron chi connectivity index (χ2n) is 6.07. The van der Waals surface area contributed by atoms with Gasteiger partial charge in [0, 0.05) is 15.2 Å². The quantitative estimate of drug-likeness (QED) is 0.386. The molecule has 140 valence electrons. The van der Waals surface area contributed by atoms with Crippen molar-refractivity contribution >= 4 is 55.4 Å². The van der Waals surface area contributed by atoms with Crippen molar-refractivity contribution in [3.05, 3.63) is 58.3 Å². The van der Waals surface area contributed by atoms with Crippen LogP contribution in [0.5, 0.6) is 5.88 Å². The third-order valence-corrected chi connectivity index (χ3v) is 4.81. The predicted molar refractivity (Wildman–Crippen MR) is 104 cm³/mol. The molecule has 0 spiro atoms. The Morgan fingerprint density at radius 1 is 1.18 bits per heavy atom. The Hall–Kier alpha value is -3.46. The van der Waals surface area contributed by atoms with Crippen LogP contribution in [0.3, 0.4) is 0 Å². The fraction of sp³-hybridized carbons (Fsp3) is 0.0526. The van der Waals surface area contributed by atoms with E-state index in [1.165, 1.54) is 12.1 Å². The Kier molecular flexibility index (Phi) is 4.44. The van der Waals surface area contributed by atoms with Crippen molar-refractivity contribution in [2.24, 2.45) is 10.2 Å². The van der Waals surface area contributed by atoms with Gasteiger partial charge in [0.05, 0.1) is 23.8 Å². The SMILES string of the molecule is O=C(Cc1ccc2occc2c1)N=Nc1c(O)[nH]c2cc(C(=O)O)cc(Br)c12. The number of aromatic hydroxyl groups is 1. The molecule has 2 aromatic heterocycles.